The third-order valence-corrected chi connectivity index (χ3v) is 4.62. The van der Waals surface area contributed by atoms with E-state index < -0.39 is 5.54 Å². The highest BCUT2D eigenvalue weighted by Crippen LogP contribution is 2.36. The lowest BCUT2D eigenvalue weighted by Crippen LogP contribution is -2.34. The van der Waals surface area contributed by atoms with Gasteiger partial charge in [-0.2, -0.15) is 4.98 Å². The molecule has 1 unspecified atom stereocenters. The summed E-state index contributed by atoms with van der Waals surface area (Å²) < 4.78 is 11.3. The molecule has 1 saturated carbocycles. The number of nitrogens with zero attached hydrogens (tertiary/aromatic N) is 2. The van der Waals surface area contributed by atoms with E-state index in [9.17, 15) is 0 Å². The van der Waals surface area contributed by atoms with Crippen molar-refractivity contribution in [3.05, 3.63) is 47.8 Å². The summed E-state index contributed by atoms with van der Waals surface area (Å²) in [6.45, 7) is 2.01. The van der Waals surface area contributed by atoms with E-state index in [2.05, 4.69) is 10.1 Å². The topological polar surface area (TPSA) is 78.1 Å². The predicted octanol–water partition coefficient (Wildman–Crippen LogP) is 3.70. The van der Waals surface area contributed by atoms with Crippen molar-refractivity contribution in [3.8, 4) is 0 Å². The van der Waals surface area contributed by atoms with Crippen molar-refractivity contribution in [2.75, 3.05) is 0 Å². The van der Waals surface area contributed by atoms with E-state index in [0.717, 1.165) is 42.4 Å². The van der Waals surface area contributed by atoms with Gasteiger partial charge in [0.15, 0.2) is 5.82 Å². The maximum atomic E-state index is 6.39. The molecule has 5 nitrogen and oxygen atoms in total. The summed E-state index contributed by atoms with van der Waals surface area (Å²) in [6, 6.07) is 9.97. The van der Waals surface area contributed by atoms with E-state index in [1.165, 1.54) is 0 Å². The van der Waals surface area contributed by atoms with Crippen LogP contribution in [0.4, 0.5) is 0 Å². The van der Waals surface area contributed by atoms with Crippen molar-refractivity contribution in [1.29, 1.82) is 0 Å². The molecule has 1 fully saturated rings. The monoisotopic (exact) mass is 297 g/mol. The molecule has 2 N–H and O–H groups in total. The van der Waals surface area contributed by atoms with Gasteiger partial charge in [-0.1, -0.05) is 36.2 Å². The Balaban J connectivity index is 1.65. The first-order valence-corrected chi connectivity index (χ1v) is 7.77. The Kier molecular flexibility index (Phi) is 3.04. The van der Waals surface area contributed by atoms with Gasteiger partial charge in [0.05, 0.1) is 11.5 Å². The highest BCUT2D eigenvalue weighted by Gasteiger charge is 2.36. The number of nitrogens with two attached hydrogens (primary N) is 1. The molecule has 0 aliphatic heterocycles. The second-order valence-corrected chi connectivity index (χ2v) is 6.23. The highest BCUT2D eigenvalue weighted by molar-refractivity contribution is 5.77. The van der Waals surface area contributed by atoms with E-state index in [-0.39, 0.29) is 5.92 Å². The molecule has 2 heterocycles. The van der Waals surface area contributed by atoms with Crippen LogP contribution in [0.25, 0.3) is 11.0 Å². The van der Waals surface area contributed by atoms with E-state index >= 15 is 0 Å². The minimum absolute atomic E-state index is 0.0846. The summed E-state index contributed by atoms with van der Waals surface area (Å²) in [5.41, 5.74) is 6.83. The van der Waals surface area contributed by atoms with Crippen LogP contribution >= 0.6 is 0 Å². The molecule has 114 valence electrons. The Morgan fingerprint density at radius 2 is 2.00 bits per heavy atom. The van der Waals surface area contributed by atoms with E-state index in [1.54, 1.807) is 0 Å². The summed E-state index contributed by atoms with van der Waals surface area (Å²) in [5, 5.41) is 5.20. The fraction of sp³-hybridized carbons (Fsp3) is 0.412. The number of fused-ring (bicyclic) bond motifs is 1. The van der Waals surface area contributed by atoms with Crippen molar-refractivity contribution < 1.29 is 8.94 Å². The van der Waals surface area contributed by atoms with Gasteiger partial charge in [-0.3, -0.25) is 0 Å². The number of furan rings is 1. The molecule has 22 heavy (non-hydrogen) atoms. The summed E-state index contributed by atoms with van der Waals surface area (Å²) >= 11 is 0. The number of hydrogen-bond donors (Lipinski definition) is 1. The van der Waals surface area contributed by atoms with Crippen LogP contribution in [0, 0.1) is 0 Å². The predicted molar refractivity (Wildman–Crippen MR) is 82.4 cm³/mol. The Labute approximate surface area is 128 Å². The normalized spacial score (nSPS) is 18.8. The molecule has 4 rings (SSSR count). The number of para-hydroxylation sites is 1. The average molecular weight is 297 g/mol. The molecular formula is C17H19N3O2. The molecule has 0 bridgehead atoms. The zero-order chi connectivity index (χ0) is 15.2. The summed E-state index contributed by atoms with van der Waals surface area (Å²) in [5.74, 6) is 1.93. The van der Waals surface area contributed by atoms with Crippen molar-refractivity contribution in [2.24, 2.45) is 5.73 Å². The zero-order valence-electron chi connectivity index (χ0n) is 12.6. The lowest BCUT2D eigenvalue weighted by atomic mass is 9.98. The second kappa shape index (κ2) is 4.95. The maximum Gasteiger partial charge on any atom is 0.237 e. The first-order chi connectivity index (χ1) is 10.7. The summed E-state index contributed by atoms with van der Waals surface area (Å²) in [6.07, 6.45) is 4.09. The first kappa shape index (κ1) is 13.5. The smallest absolute Gasteiger partial charge is 0.237 e. The highest BCUT2D eigenvalue weighted by atomic mass is 16.5. The summed E-state index contributed by atoms with van der Waals surface area (Å²) in [7, 11) is 0. The lowest BCUT2D eigenvalue weighted by molar-refractivity contribution is 0.337. The van der Waals surface area contributed by atoms with Crippen LogP contribution in [0.5, 0.6) is 0 Å². The SMILES string of the molecule is CC(c1cc2ccccc2o1)c1nc(C2(N)CCCC2)no1. The number of rotatable bonds is 3. The average Bonchev–Trinajstić information content (AvgIpc) is 3.25. The third kappa shape index (κ3) is 2.13. The second-order valence-electron chi connectivity index (χ2n) is 6.23. The number of benzene rings is 1. The van der Waals surface area contributed by atoms with Crippen LogP contribution in [-0.2, 0) is 5.54 Å². The molecule has 0 amide bonds. The molecule has 2 aromatic heterocycles. The molecule has 0 saturated heterocycles. The van der Waals surface area contributed by atoms with E-state index in [0.29, 0.717) is 11.7 Å². The van der Waals surface area contributed by atoms with E-state index in [4.69, 9.17) is 14.7 Å². The Morgan fingerprint density at radius 1 is 1.23 bits per heavy atom. The van der Waals surface area contributed by atoms with Gasteiger partial charge in [0, 0.05) is 5.39 Å². The van der Waals surface area contributed by atoms with Gasteiger partial charge in [0.25, 0.3) is 0 Å². The lowest BCUT2D eigenvalue weighted by Gasteiger charge is -2.17. The van der Waals surface area contributed by atoms with Gasteiger partial charge in [0.2, 0.25) is 5.89 Å². The Morgan fingerprint density at radius 3 is 2.77 bits per heavy atom. The van der Waals surface area contributed by atoms with Gasteiger partial charge >= 0.3 is 0 Å². The van der Waals surface area contributed by atoms with Crippen molar-refractivity contribution in [1.82, 2.24) is 10.1 Å². The third-order valence-electron chi connectivity index (χ3n) is 4.62. The van der Waals surface area contributed by atoms with E-state index in [1.807, 2.05) is 37.3 Å². The van der Waals surface area contributed by atoms with Gasteiger partial charge in [-0.25, -0.2) is 0 Å². The van der Waals surface area contributed by atoms with Crippen LogP contribution in [-0.4, -0.2) is 10.1 Å². The molecular weight excluding hydrogens is 278 g/mol. The fourth-order valence-corrected chi connectivity index (χ4v) is 3.18. The molecule has 3 aromatic rings. The molecule has 1 aliphatic rings. The van der Waals surface area contributed by atoms with Crippen LogP contribution in [0.2, 0.25) is 0 Å². The number of aromatic nitrogens is 2. The molecule has 0 spiro atoms. The minimum Gasteiger partial charge on any atom is -0.460 e. The van der Waals surface area contributed by atoms with Crippen LogP contribution in [0.3, 0.4) is 0 Å². The fourth-order valence-electron chi connectivity index (χ4n) is 3.18. The molecule has 1 atom stereocenters. The summed E-state index contributed by atoms with van der Waals surface area (Å²) in [4.78, 5) is 4.55. The maximum absolute atomic E-state index is 6.39. The molecule has 1 aliphatic carbocycles. The molecule has 5 heteroatoms. The molecule has 1 aromatic carbocycles. The quantitative estimate of drug-likeness (QED) is 0.797. The van der Waals surface area contributed by atoms with Gasteiger partial charge in [-0.05, 0) is 31.9 Å². The van der Waals surface area contributed by atoms with Crippen LogP contribution in [0.15, 0.2) is 39.3 Å². The van der Waals surface area contributed by atoms with Gasteiger partial charge in [-0.15, -0.1) is 0 Å². The van der Waals surface area contributed by atoms with Gasteiger partial charge in [0.1, 0.15) is 11.3 Å². The largest absolute Gasteiger partial charge is 0.460 e. The van der Waals surface area contributed by atoms with Crippen LogP contribution < -0.4 is 5.73 Å². The number of hydrogen-bond acceptors (Lipinski definition) is 5. The van der Waals surface area contributed by atoms with Gasteiger partial charge < -0.3 is 14.7 Å². The molecule has 0 radical (unpaired) electrons. The minimum atomic E-state index is -0.421. The first-order valence-electron chi connectivity index (χ1n) is 7.77. The van der Waals surface area contributed by atoms with Crippen molar-refractivity contribution in [2.45, 2.75) is 44.1 Å². The standard InChI is InChI=1S/C17H19N3O2/c1-11(14-10-12-6-2-3-7-13(12)21-14)15-19-16(20-22-15)17(18)8-4-5-9-17/h2-3,6-7,10-11H,4-5,8-9,18H2,1H3. The zero-order valence-corrected chi connectivity index (χ0v) is 12.6. The Bertz CT molecular complexity index is 766. The van der Waals surface area contributed by atoms with Crippen molar-refractivity contribution >= 4 is 11.0 Å². The Hall–Kier alpha value is -2.14. The van der Waals surface area contributed by atoms with Crippen molar-refractivity contribution in [3.63, 3.8) is 0 Å². The van der Waals surface area contributed by atoms with Crippen LogP contribution in [0.1, 0.15) is 56.0 Å².